The molecule has 4 nitrogen and oxygen atoms in total. The fraction of sp³-hybridized carbons (Fsp3) is 0.562. The molecule has 0 aliphatic heterocycles. The molecule has 1 aliphatic rings. The minimum Gasteiger partial charge on any atom is -0.387 e. The summed E-state index contributed by atoms with van der Waals surface area (Å²) in [5.41, 5.74) is 0.868. The molecule has 2 rings (SSSR count). The maximum atomic E-state index is 11.8. The third-order valence-electron chi connectivity index (χ3n) is 3.78. The highest BCUT2D eigenvalue weighted by Gasteiger charge is 2.15. The lowest BCUT2D eigenvalue weighted by Gasteiger charge is -2.23. The van der Waals surface area contributed by atoms with Crippen LogP contribution >= 0.6 is 0 Å². The Morgan fingerprint density at radius 1 is 1.20 bits per heavy atom. The van der Waals surface area contributed by atoms with Gasteiger partial charge in [-0.1, -0.05) is 49.6 Å². The van der Waals surface area contributed by atoms with Crippen molar-refractivity contribution in [3.63, 3.8) is 0 Å². The molecule has 0 saturated heterocycles. The fourth-order valence-corrected chi connectivity index (χ4v) is 2.64. The van der Waals surface area contributed by atoms with Crippen LogP contribution in [0.1, 0.15) is 43.8 Å². The zero-order valence-corrected chi connectivity index (χ0v) is 11.8. The summed E-state index contributed by atoms with van der Waals surface area (Å²) in [5.74, 6) is 0.0251. The van der Waals surface area contributed by atoms with Crippen LogP contribution in [0.5, 0.6) is 0 Å². The molecule has 1 aromatic rings. The van der Waals surface area contributed by atoms with Gasteiger partial charge in [0.25, 0.3) is 0 Å². The number of nitrogens with one attached hydrogen (secondary N) is 2. The molecule has 110 valence electrons. The summed E-state index contributed by atoms with van der Waals surface area (Å²) < 4.78 is 0. The summed E-state index contributed by atoms with van der Waals surface area (Å²) in [5, 5.41) is 16.0. The Balaban J connectivity index is 1.63. The van der Waals surface area contributed by atoms with Crippen LogP contribution in [0.15, 0.2) is 30.3 Å². The monoisotopic (exact) mass is 276 g/mol. The second-order valence-electron chi connectivity index (χ2n) is 5.46. The number of hydrogen-bond donors (Lipinski definition) is 3. The molecule has 1 fully saturated rings. The van der Waals surface area contributed by atoms with Crippen LogP contribution in [0.3, 0.4) is 0 Å². The van der Waals surface area contributed by atoms with E-state index in [0.717, 1.165) is 18.4 Å². The first-order valence-corrected chi connectivity index (χ1v) is 7.49. The summed E-state index contributed by atoms with van der Waals surface area (Å²) in [6.07, 6.45) is 5.33. The maximum Gasteiger partial charge on any atom is 0.234 e. The van der Waals surface area contributed by atoms with Gasteiger partial charge in [0.15, 0.2) is 0 Å². The highest BCUT2D eigenvalue weighted by atomic mass is 16.3. The molecular weight excluding hydrogens is 252 g/mol. The molecule has 1 atom stereocenters. The summed E-state index contributed by atoms with van der Waals surface area (Å²) in [6.45, 7) is 0.655. The van der Waals surface area contributed by atoms with Crippen molar-refractivity contribution < 1.29 is 9.90 Å². The second-order valence-corrected chi connectivity index (χ2v) is 5.46. The van der Waals surface area contributed by atoms with Crippen LogP contribution in [-0.2, 0) is 4.79 Å². The molecule has 0 aromatic heterocycles. The average Bonchev–Trinajstić information content (AvgIpc) is 2.49. The second kappa shape index (κ2) is 8.02. The van der Waals surface area contributed by atoms with E-state index in [2.05, 4.69) is 10.6 Å². The van der Waals surface area contributed by atoms with Crippen LogP contribution in [0.2, 0.25) is 0 Å². The number of carbonyl (C=O) groups is 1. The third kappa shape index (κ3) is 4.94. The van der Waals surface area contributed by atoms with Gasteiger partial charge in [-0.3, -0.25) is 4.79 Å². The Labute approximate surface area is 120 Å². The normalized spacial score (nSPS) is 17.6. The lowest BCUT2D eigenvalue weighted by molar-refractivity contribution is -0.121. The SMILES string of the molecule is O=C(CNCC(O)c1ccccc1)NC1CCCCC1. The topological polar surface area (TPSA) is 61.4 Å². The molecule has 1 aliphatic carbocycles. The summed E-state index contributed by atoms with van der Waals surface area (Å²) in [6, 6.07) is 9.82. The van der Waals surface area contributed by atoms with E-state index in [1.54, 1.807) is 0 Å². The number of amides is 1. The van der Waals surface area contributed by atoms with Gasteiger partial charge < -0.3 is 15.7 Å². The van der Waals surface area contributed by atoms with Crippen LogP contribution in [0.25, 0.3) is 0 Å². The summed E-state index contributed by atoms with van der Waals surface area (Å²) in [7, 11) is 0. The van der Waals surface area contributed by atoms with E-state index in [1.807, 2.05) is 30.3 Å². The minimum absolute atomic E-state index is 0.0251. The van der Waals surface area contributed by atoms with Gasteiger partial charge in [0.05, 0.1) is 12.6 Å². The Morgan fingerprint density at radius 3 is 2.60 bits per heavy atom. The Kier molecular flexibility index (Phi) is 6.02. The largest absolute Gasteiger partial charge is 0.387 e. The standard InChI is InChI=1S/C16H24N2O2/c19-15(13-7-3-1-4-8-13)11-17-12-16(20)18-14-9-5-2-6-10-14/h1,3-4,7-8,14-15,17,19H,2,5-6,9-12H2,(H,18,20). The molecule has 4 heteroatoms. The highest BCUT2D eigenvalue weighted by molar-refractivity contribution is 5.78. The Bertz CT molecular complexity index is 402. The molecule has 0 spiro atoms. The van der Waals surface area contributed by atoms with Crippen molar-refractivity contribution in [2.24, 2.45) is 0 Å². The zero-order chi connectivity index (χ0) is 14.2. The van der Waals surface area contributed by atoms with Gasteiger partial charge in [-0.25, -0.2) is 0 Å². The van der Waals surface area contributed by atoms with Gasteiger partial charge >= 0.3 is 0 Å². The van der Waals surface area contributed by atoms with Gasteiger partial charge in [0, 0.05) is 12.6 Å². The van der Waals surface area contributed by atoms with E-state index in [9.17, 15) is 9.90 Å². The minimum atomic E-state index is -0.571. The molecule has 0 heterocycles. The average molecular weight is 276 g/mol. The van der Waals surface area contributed by atoms with Crippen LogP contribution in [0, 0.1) is 0 Å². The number of benzene rings is 1. The number of aliphatic hydroxyl groups is 1. The van der Waals surface area contributed by atoms with E-state index >= 15 is 0 Å². The van der Waals surface area contributed by atoms with Crippen molar-refractivity contribution in [3.8, 4) is 0 Å². The first kappa shape index (κ1) is 15.0. The number of aliphatic hydroxyl groups excluding tert-OH is 1. The third-order valence-corrected chi connectivity index (χ3v) is 3.78. The molecule has 1 unspecified atom stereocenters. The van der Waals surface area contributed by atoms with Crippen LogP contribution < -0.4 is 10.6 Å². The van der Waals surface area contributed by atoms with Crippen molar-refractivity contribution in [2.75, 3.05) is 13.1 Å². The Hall–Kier alpha value is -1.39. The predicted octanol–water partition coefficient (Wildman–Crippen LogP) is 1.76. The van der Waals surface area contributed by atoms with Crippen molar-refractivity contribution in [1.82, 2.24) is 10.6 Å². The lowest BCUT2D eigenvalue weighted by atomic mass is 9.95. The van der Waals surface area contributed by atoms with Crippen LogP contribution in [-0.4, -0.2) is 30.1 Å². The van der Waals surface area contributed by atoms with E-state index < -0.39 is 6.10 Å². The van der Waals surface area contributed by atoms with E-state index in [-0.39, 0.29) is 12.5 Å². The predicted molar refractivity (Wildman–Crippen MR) is 79.3 cm³/mol. The van der Waals surface area contributed by atoms with Gasteiger partial charge in [-0.05, 0) is 18.4 Å². The van der Waals surface area contributed by atoms with Crippen molar-refractivity contribution >= 4 is 5.91 Å². The fourth-order valence-electron chi connectivity index (χ4n) is 2.64. The molecule has 0 bridgehead atoms. The van der Waals surface area contributed by atoms with Gasteiger partial charge in [-0.15, -0.1) is 0 Å². The van der Waals surface area contributed by atoms with E-state index in [0.29, 0.717) is 12.6 Å². The van der Waals surface area contributed by atoms with Crippen LogP contribution in [0.4, 0.5) is 0 Å². The number of rotatable bonds is 6. The molecule has 1 saturated carbocycles. The number of hydrogen-bond acceptors (Lipinski definition) is 3. The highest BCUT2D eigenvalue weighted by Crippen LogP contribution is 2.17. The molecule has 1 aromatic carbocycles. The quantitative estimate of drug-likeness (QED) is 0.742. The van der Waals surface area contributed by atoms with Gasteiger partial charge in [0.1, 0.15) is 0 Å². The Morgan fingerprint density at radius 2 is 1.90 bits per heavy atom. The van der Waals surface area contributed by atoms with Crippen molar-refractivity contribution in [3.05, 3.63) is 35.9 Å². The molecule has 20 heavy (non-hydrogen) atoms. The summed E-state index contributed by atoms with van der Waals surface area (Å²) in [4.78, 5) is 11.8. The van der Waals surface area contributed by atoms with Gasteiger partial charge in [-0.2, -0.15) is 0 Å². The van der Waals surface area contributed by atoms with Gasteiger partial charge in [0.2, 0.25) is 5.91 Å². The maximum absolute atomic E-state index is 11.8. The first-order valence-electron chi connectivity index (χ1n) is 7.49. The zero-order valence-electron chi connectivity index (χ0n) is 11.8. The first-order chi connectivity index (χ1) is 9.75. The van der Waals surface area contributed by atoms with E-state index in [4.69, 9.17) is 0 Å². The summed E-state index contributed by atoms with van der Waals surface area (Å²) >= 11 is 0. The molecular formula is C16H24N2O2. The van der Waals surface area contributed by atoms with Crippen molar-refractivity contribution in [2.45, 2.75) is 44.2 Å². The smallest absolute Gasteiger partial charge is 0.234 e. The molecule has 3 N–H and O–H groups in total. The van der Waals surface area contributed by atoms with E-state index in [1.165, 1.54) is 19.3 Å². The molecule has 1 amide bonds. The van der Waals surface area contributed by atoms with Crippen molar-refractivity contribution in [1.29, 1.82) is 0 Å². The lowest BCUT2D eigenvalue weighted by Crippen LogP contribution is -2.42. The molecule has 0 radical (unpaired) electrons. The number of carbonyl (C=O) groups excluding carboxylic acids is 1.